The van der Waals surface area contributed by atoms with Gasteiger partial charge in [-0.15, -0.1) is 0 Å². The molecule has 2 rings (SSSR count). The molecule has 1 aromatic carbocycles. The highest BCUT2D eigenvalue weighted by Gasteiger charge is 2.41. The van der Waals surface area contributed by atoms with Crippen molar-refractivity contribution in [2.45, 2.75) is 31.4 Å². The van der Waals surface area contributed by atoms with E-state index in [9.17, 15) is 0 Å². The van der Waals surface area contributed by atoms with E-state index in [2.05, 4.69) is 48.6 Å². The van der Waals surface area contributed by atoms with Gasteiger partial charge in [-0.3, -0.25) is 4.99 Å². The summed E-state index contributed by atoms with van der Waals surface area (Å²) >= 11 is 1.90. The Morgan fingerprint density at radius 1 is 1.33 bits per heavy atom. The zero-order valence-corrected chi connectivity index (χ0v) is 12.1. The van der Waals surface area contributed by atoms with E-state index in [1.54, 1.807) is 0 Å². The molecular weight excluding hydrogens is 242 g/mol. The number of rotatable bonds is 4. The second-order valence-corrected chi connectivity index (χ2v) is 6.36. The number of thioether (sulfide) groups is 1. The van der Waals surface area contributed by atoms with Crippen LogP contribution in [0.1, 0.15) is 24.0 Å². The van der Waals surface area contributed by atoms with Crippen LogP contribution in [0.4, 0.5) is 5.69 Å². The van der Waals surface area contributed by atoms with Crippen molar-refractivity contribution < 1.29 is 0 Å². The summed E-state index contributed by atoms with van der Waals surface area (Å²) in [5, 5.41) is 3.17. The summed E-state index contributed by atoms with van der Waals surface area (Å²) in [7, 11) is 0. The molecule has 0 atom stereocenters. The van der Waals surface area contributed by atoms with Gasteiger partial charge in [0.25, 0.3) is 0 Å². The normalized spacial score (nSPS) is 17.6. The standard InChI is InChI=1S/C14H21N3S/c1-10-6-11(2)8-12(7-10)17-13(15)16-9-14(18-3)4-5-14/h6-8H,4-5,9H2,1-3H3,(H3,15,16,17). The fourth-order valence-corrected chi connectivity index (χ4v) is 2.73. The van der Waals surface area contributed by atoms with Crippen LogP contribution in [-0.4, -0.2) is 23.5 Å². The Labute approximate surface area is 113 Å². The number of hydrogen-bond acceptors (Lipinski definition) is 2. The summed E-state index contributed by atoms with van der Waals surface area (Å²) in [5.74, 6) is 0.514. The maximum atomic E-state index is 5.93. The zero-order valence-electron chi connectivity index (χ0n) is 11.3. The van der Waals surface area contributed by atoms with Crippen LogP contribution in [0, 0.1) is 13.8 Å². The molecule has 0 amide bonds. The van der Waals surface area contributed by atoms with Crippen molar-refractivity contribution in [2.24, 2.45) is 10.7 Å². The SMILES string of the molecule is CSC1(CN=C(N)Nc2cc(C)cc(C)c2)CC1. The lowest BCUT2D eigenvalue weighted by molar-refractivity contribution is 0.901. The van der Waals surface area contributed by atoms with E-state index in [0.29, 0.717) is 10.7 Å². The molecular formula is C14H21N3S. The highest BCUT2D eigenvalue weighted by Crippen LogP contribution is 2.47. The smallest absolute Gasteiger partial charge is 0.193 e. The molecule has 1 aromatic rings. The van der Waals surface area contributed by atoms with Crippen LogP contribution in [0.2, 0.25) is 0 Å². The van der Waals surface area contributed by atoms with Crippen LogP contribution in [0.15, 0.2) is 23.2 Å². The largest absolute Gasteiger partial charge is 0.370 e. The number of hydrogen-bond donors (Lipinski definition) is 2. The molecule has 1 saturated carbocycles. The lowest BCUT2D eigenvalue weighted by atomic mass is 10.1. The van der Waals surface area contributed by atoms with E-state index >= 15 is 0 Å². The first-order valence-corrected chi connectivity index (χ1v) is 7.46. The molecule has 0 saturated heterocycles. The molecule has 98 valence electrons. The van der Waals surface area contributed by atoms with Crippen molar-refractivity contribution in [2.75, 3.05) is 18.1 Å². The Hall–Kier alpha value is -1.16. The fraction of sp³-hybridized carbons (Fsp3) is 0.500. The van der Waals surface area contributed by atoms with Gasteiger partial charge in [-0.25, -0.2) is 0 Å². The van der Waals surface area contributed by atoms with Crippen LogP contribution in [0.3, 0.4) is 0 Å². The number of nitrogens with one attached hydrogen (secondary N) is 1. The highest BCUT2D eigenvalue weighted by molar-refractivity contribution is 8.00. The van der Waals surface area contributed by atoms with Crippen molar-refractivity contribution in [3.05, 3.63) is 29.3 Å². The Morgan fingerprint density at radius 3 is 2.44 bits per heavy atom. The van der Waals surface area contributed by atoms with E-state index in [0.717, 1.165) is 12.2 Å². The lowest BCUT2D eigenvalue weighted by Gasteiger charge is -2.11. The van der Waals surface area contributed by atoms with Gasteiger partial charge in [-0.1, -0.05) is 6.07 Å². The van der Waals surface area contributed by atoms with Crippen LogP contribution in [0.5, 0.6) is 0 Å². The van der Waals surface area contributed by atoms with Gasteiger partial charge in [0.05, 0.1) is 6.54 Å². The second kappa shape index (κ2) is 5.22. The molecule has 1 aliphatic rings. The second-order valence-electron chi connectivity index (χ2n) is 5.09. The summed E-state index contributed by atoms with van der Waals surface area (Å²) in [4.78, 5) is 4.45. The molecule has 0 unspecified atom stereocenters. The first-order chi connectivity index (χ1) is 8.53. The van der Waals surface area contributed by atoms with Gasteiger partial charge in [0, 0.05) is 10.4 Å². The number of aryl methyl sites for hydroxylation is 2. The topological polar surface area (TPSA) is 50.4 Å². The van der Waals surface area contributed by atoms with Crippen molar-refractivity contribution >= 4 is 23.4 Å². The lowest BCUT2D eigenvalue weighted by Crippen LogP contribution is -2.24. The van der Waals surface area contributed by atoms with Crippen molar-refractivity contribution in [3.8, 4) is 0 Å². The number of guanidine groups is 1. The predicted molar refractivity (Wildman–Crippen MR) is 81.5 cm³/mol. The van der Waals surface area contributed by atoms with Crippen LogP contribution < -0.4 is 11.1 Å². The summed E-state index contributed by atoms with van der Waals surface area (Å²) < 4.78 is 0.370. The fourth-order valence-electron chi connectivity index (χ4n) is 2.03. The number of anilines is 1. The first kappa shape index (κ1) is 13.3. The third-order valence-electron chi connectivity index (χ3n) is 3.27. The number of aliphatic imine (C=N–C) groups is 1. The van der Waals surface area contributed by atoms with Gasteiger partial charge in [-0.2, -0.15) is 11.8 Å². The van der Waals surface area contributed by atoms with Crippen LogP contribution >= 0.6 is 11.8 Å². The van der Waals surface area contributed by atoms with Gasteiger partial charge < -0.3 is 11.1 Å². The van der Waals surface area contributed by atoms with Gasteiger partial charge in [-0.05, 0) is 56.2 Å². The van der Waals surface area contributed by atoms with E-state index < -0.39 is 0 Å². The van der Waals surface area contributed by atoms with Gasteiger partial charge in [0.1, 0.15) is 0 Å². The van der Waals surface area contributed by atoms with Gasteiger partial charge in [0.15, 0.2) is 5.96 Å². The average Bonchev–Trinajstić information content (AvgIpc) is 3.05. The minimum Gasteiger partial charge on any atom is -0.370 e. The molecule has 4 heteroatoms. The highest BCUT2D eigenvalue weighted by atomic mass is 32.2. The summed E-state index contributed by atoms with van der Waals surface area (Å²) in [5.41, 5.74) is 9.40. The molecule has 0 aromatic heterocycles. The average molecular weight is 263 g/mol. The van der Waals surface area contributed by atoms with Crippen LogP contribution in [-0.2, 0) is 0 Å². The Bertz CT molecular complexity index is 444. The van der Waals surface area contributed by atoms with Gasteiger partial charge >= 0.3 is 0 Å². The molecule has 0 heterocycles. The van der Waals surface area contributed by atoms with E-state index in [1.165, 1.54) is 24.0 Å². The summed E-state index contributed by atoms with van der Waals surface area (Å²) in [6, 6.07) is 6.30. The maximum Gasteiger partial charge on any atom is 0.193 e. The molecule has 18 heavy (non-hydrogen) atoms. The molecule has 1 aliphatic carbocycles. The molecule has 0 spiro atoms. The monoisotopic (exact) mass is 263 g/mol. The summed E-state index contributed by atoms with van der Waals surface area (Å²) in [6.45, 7) is 4.98. The molecule has 3 N–H and O–H groups in total. The number of nitrogens with zero attached hydrogens (tertiary/aromatic N) is 1. The minimum absolute atomic E-state index is 0.370. The minimum atomic E-state index is 0.370. The quantitative estimate of drug-likeness (QED) is 0.648. The number of nitrogens with two attached hydrogens (primary N) is 1. The summed E-state index contributed by atoms with van der Waals surface area (Å²) in [6.07, 6.45) is 4.67. The van der Waals surface area contributed by atoms with Gasteiger partial charge in [0.2, 0.25) is 0 Å². The maximum absolute atomic E-state index is 5.93. The first-order valence-electron chi connectivity index (χ1n) is 6.23. The number of benzene rings is 1. The molecule has 1 fully saturated rings. The van der Waals surface area contributed by atoms with Crippen molar-refractivity contribution in [3.63, 3.8) is 0 Å². The van der Waals surface area contributed by atoms with E-state index in [1.807, 2.05) is 11.8 Å². The molecule has 0 bridgehead atoms. The van der Waals surface area contributed by atoms with Crippen molar-refractivity contribution in [1.82, 2.24) is 0 Å². The molecule has 0 aliphatic heterocycles. The van der Waals surface area contributed by atoms with Crippen molar-refractivity contribution in [1.29, 1.82) is 0 Å². The van der Waals surface area contributed by atoms with E-state index in [-0.39, 0.29) is 0 Å². The third kappa shape index (κ3) is 3.42. The Balaban J connectivity index is 1.97. The Kier molecular flexibility index (Phi) is 3.85. The third-order valence-corrected chi connectivity index (χ3v) is 4.68. The van der Waals surface area contributed by atoms with Crippen LogP contribution in [0.25, 0.3) is 0 Å². The zero-order chi connectivity index (χ0) is 13.2. The van der Waals surface area contributed by atoms with E-state index in [4.69, 9.17) is 5.73 Å². The Morgan fingerprint density at radius 2 is 1.94 bits per heavy atom. The molecule has 3 nitrogen and oxygen atoms in total. The predicted octanol–water partition coefficient (Wildman–Crippen LogP) is 2.93. The molecule has 0 radical (unpaired) electrons.